The van der Waals surface area contributed by atoms with E-state index in [9.17, 15) is 14.7 Å². The fraction of sp³-hybridized carbons (Fsp3) is 0.474. The van der Waals surface area contributed by atoms with Crippen molar-refractivity contribution >= 4 is 22.8 Å². The minimum absolute atomic E-state index is 0.0129. The molecule has 2 fully saturated rings. The molecule has 25 heavy (non-hydrogen) atoms. The number of carboxylic acid groups (broad SMARTS) is 1. The summed E-state index contributed by atoms with van der Waals surface area (Å²) in [5, 5.41) is 10.9. The molecule has 0 saturated carbocycles. The van der Waals surface area contributed by atoms with Crippen LogP contribution in [0.1, 0.15) is 29.6 Å². The van der Waals surface area contributed by atoms with Gasteiger partial charge < -0.3 is 19.9 Å². The zero-order chi connectivity index (χ0) is 17.6. The van der Waals surface area contributed by atoms with Crippen LogP contribution in [-0.4, -0.2) is 64.5 Å². The Bertz CT molecular complexity index is 830. The number of amides is 1. The molecule has 2 N–H and O–H groups in total. The predicted molar refractivity (Wildman–Crippen MR) is 94.5 cm³/mol. The first kappa shape index (κ1) is 16.1. The zero-order valence-electron chi connectivity index (χ0n) is 14.4. The number of carbonyl (C=O) groups is 2. The summed E-state index contributed by atoms with van der Waals surface area (Å²) < 4.78 is 0. The first-order valence-electron chi connectivity index (χ1n) is 8.81. The Balaban J connectivity index is 1.59. The van der Waals surface area contributed by atoms with Gasteiger partial charge in [0.2, 0.25) is 0 Å². The van der Waals surface area contributed by atoms with Gasteiger partial charge in [-0.25, -0.2) is 0 Å². The fourth-order valence-corrected chi connectivity index (χ4v) is 4.54. The molecule has 1 aromatic carbocycles. The third-order valence-corrected chi connectivity index (χ3v) is 6.04. The number of carboxylic acids is 1. The Labute approximate surface area is 146 Å². The minimum atomic E-state index is -0.718. The van der Waals surface area contributed by atoms with Crippen LogP contribution in [0.5, 0.6) is 0 Å². The Morgan fingerprint density at radius 1 is 1.24 bits per heavy atom. The second kappa shape index (κ2) is 5.88. The molecule has 0 bridgehead atoms. The summed E-state index contributed by atoms with van der Waals surface area (Å²) in [6.07, 6.45) is 3.99. The van der Waals surface area contributed by atoms with Crippen LogP contribution in [0, 0.1) is 5.41 Å². The van der Waals surface area contributed by atoms with Crippen LogP contribution in [0.4, 0.5) is 0 Å². The lowest BCUT2D eigenvalue weighted by Gasteiger charge is -2.51. The summed E-state index contributed by atoms with van der Waals surface area (Å²) in [6, 6.07) is 7.49. The number of aromatic nitrogens is 1. The van der Waals surface area contributed by atoms with Crippen molar-refractivity contribution in [3.8, 4) is 0 Å². The molecule has 1 amide bonds. The van der Waals surface area contributed by atoms with Gasteiger partial charge in [-0.05, 0) is 57.1 Å². The molecule has 6 nitrogen and oxygen atoms in total. The molecule has 2 aliphatic rings. The van der Waals surface area contributed by atoms with Gasteiger partial charge in [0.05, 0.1) is 5.41 Å². The fourth-order valence-electron chi connectivity index (χ4n) is 4.54. The van der Waals surface area contributed by atoms with Crippen molar-refractivity contribution in [1.29, 1.82) is 0 Å². The molecular weight excluding hydrogens is 318 g/mol. The van der Waals surface area contributed by atoms with Crippen molar-refractivity contribution in [3.05, 3.63) is 36.0 Å². The molecule has 2 atom stereocenters. The number of piperidine rings is 2. The lowest BCUT2D eigenvalue weighted by atomic mass is 9.68. The molecule has 0 spiro atoms. The smallest absolute Gasteiger partial charge is 0.311 e. The van der Waals surface area contributed by atoms with Gasteiger partial charge in [0.25, 0.3) is 5.91 Å². The normalized spacial score (nSPS) is 27.2. The minimum Gasteiger partial charge on any atom is -0.481 e. The molecule has 4 rings (SSSR count). The van der Waals surface area contributed by atoms with Gasteiger partial charge in [0, 0.05) is 41.8 Å². The maximum Gasteiger partial charge on any atom is 0.311 e. The maximum atomic E-state index is 13.0. The number of fused-ring (bicyclic) bond motifs is 2. The number of carbonyl (C=O) groups excluding carboxylic acids is 1. The molecule has 0 radical (unpaired) electrons. The average Bonchev–Trinajstić information content (AvgIpc) is 3.08. The first-order chi connectivity index (χ1) is 12.0. The maximum absolute atomic E-state index is 13.0. The topological polar surface area (TPSA) is 76.6 Å². The van der Waals surface area contributed by atoms with Crippen LogP contribution in [-0.2, 0) is 4.79 Å². The number of H-pyrrole nitrogens is 1. The van der Waals surface area contributed by atoms with Crippen molar-refractivity contribution in [3.63, 3.8) is 0 Å². The third kappa shape index (κ3) is 2.52. The van der Waals surface area contributed by atoms with Gasteiger partial charge in [-0.2, -0.15) is 0 Å². The quantitative estimate of drug-likeness (QED) is 0.878. The molecule has 1 aromatic heterocycles. The number of rotatable bonds is 2. The van der Waals surface area contributed by atoms with Crippen molar-refractivity contribution in [2.75, 3.05) is 26.7 Å². The standard InChI is InChI=1S/C19H23N3O3/c1-21-9-2-6-19(18(24)25)7-10-22(12-16(19)21)17(23)14-3-4-15-13(11-14)5-8-20-15/h3-5,8,11,16,20H,2,6-7,9-10,12H2,1H3,(H,24,25)/t16-,19+/m1/s1. The van der Waals surface area contributed by atoms with E-state index in [0.717, 1.165) is 23.9 Å². The molecule has 3 heterocycles. The molecule has 132 valence electrons. The number of aromatic amines is 1. The van der Waals surface area contributed by atoms with Crippen LogP contribution < -0.4 is 0 Å². The highest BCUT2D eigenvalue weighted by atomic mass is 16.4. The highest BCUT2D eigenvalue weighted by molar-refractivity contribution is 5.98. The third-order valence-electron chi connectivity index (χ3n) is 6.04. The van der Waals surface area contributed by atoms with Gasteiger partial charge >= 0.3 is 5.97 Å². The lowest BCUT2D eigenvalue weighted by Crippen LogP contribution is -2.63. The number of hydrogen-bond acceptors (Lipinski definition) is 3. The highest BCUT2D eigenvalue weighted by Gasteiger charge is 2.52. The first-order valence-corrected chi connectivity index (χ1v) is 8.81. The second-order valence-corrected chi connectivity index (χ2v) is 7.34. The summed E-state index contributed by atoms with van der Waals surface area (Å²) >= 11 is 0. The summed E-state index contributed by atoms with van der Waals surface area (Å²) in [5.41, 5.74) is 0.953. The molecular formula is C19H23N3O3. The van der Waals surface area contributed by atoms with Crippen molar-refractivity contribution in [1.82, 2.24) is 14.8 Å². The molecule has 2 aromatic rings. The average molecular weight is 341 g/mol. The number of benzene rings is 1. The number of nitrogens with zero attached hydrogens (tertiary/aromatic N) is 2. The van der Waals surface area contributed by atoms with Crippen molar-refractivity contribution in [2.24, 2.45) is 5.41 Å². The summed E-state index contributed by atoms with van der Waals surface area (Å²) in [4.78, 5) is 32.0. The van der Waals surface area contributed by atoms with Crippen LogP contribution in [0.2, 0.25) is 0 Å². The van der Waals surface area contributed by atoms with Crippen LogP contribution in [0.3, 0.4) is 0 Å². The summed E-state index contributed by atoms with van der Waals surface area (Å²) in [5.74, 6) is -0.731. The summed E-state index contributed by atoms with van der Waals surface area (Å²) in [7, 11) is 1.97. The number of hydrogen-bond donors (Lipinski definition) is 2. The zero-order valence-corrected chi connectivity index (χ0v) is 14.4. The Morgan fingerprint density at radius 2 is 2.08 bits per heavy atom. The summed E-state index contributed by atoms with van der Waals surface area (Å²) in [6.45, 7) is 1.87. The van der Waals surface area contributed by atoms with E-state index >= 15 is 0 Å². The van der Waals surface area contributed by atoms with E-state index in [-0.39, 0.29) is 11.9 Å². The van der Waals surface area contributed by atoms with Crippen LogP contribution in [0.25, 0.3) is 10.9 Å². The number of likely N-dealkylation sites (tertiary alicyclic amines) is 2. The predicted octanol–water partition coefficient (Wildman–Crippen LogP) is 2.18. The number of likely N-dealkylation sites (N-methyl/N-ethyl adjacent to an activating group) is 1. The van der Waals surface area contributed by atoms with Gasteiger partial charge in [-0.3, -0.25) is 9.59 Å². The van der Waals surface area contributed by atoms with Crippen LogP contribution >= 0.6 is 0 Å². The SMILES string of the molecule is CN1CCC[C@]2(C(=O)O)CCN(C(=O)c3ccc4[nH]ccc4c3)C[C@@H]12. The van der Waals surface area contributed by atoms with Crippen molar-refractivity contribution in [2.45, 2.75) is 25.3 Å². The Hall–Kier alpha value is -2.34. The molecule has 2 aliphatic heterocycles. The lowest BCUT2D eigenvalue weighted by molar-refractivity contribution is -0.161. The number of aliphatic carboxylic acids is 1. The van der Waals surface area contributed by atoms with E-state index in [4.69, 9.17) is 0 Å². The van der Waals surface area contributed by atoms with E-state index < -0.39 is 11.4 Å². The molecule has 0 aliphatic carbocycles. The van der Waals surface area contributed by atoms with E-state index in [1.807, 2.05) is 42.4 Å². The van der Waals surface area contributed by atoms with Gasteiger partial charge in [0.1, 0.15) is 0 Å². The van der Waals surface area contributed by atoms with Crippen molar-refractivity contribution < 1.29 is 14.7 Å². The monoisotopic (exact) mass is 341 g/mol. The van der Waals surface area contributed by atoms with E-state index in [0.29, 0.717) is 31.5 Å². The van der Waals surface area contributed by atoms with Gasteiger partial charge in [-0.15, -0.1) is 0 Å². The number of nitrogens with one attached hydrogen (secondary N) is 1. The van der Waals surface area contributed by atoms with E-state index in [2.05, 4.69) is 9.88 Å². The van der Waals surface area contributed by atoms with Gasteiger partial charge in [-0.1, -0.05) is 0 Å². The highest BCUT2D eigenvalue weighted by Crippen LogP contribution is 2.42. The Kier molecular flexibility index (Phi) is 3.80. The molecule has 6 heteroatoms. The van der Waals surface area contributed by atoms with E-state index in [1.165, 1.54) is 0 Å². The molecule has 2 saturated heterocycles. The second-order valence-electron chi connectivity index (χ2n) is 7.34. The Morgan fingerprint density at radius 3 is 2.88 bits per heavy atom. The van der Waals surface area contributed by atoms with E-state index in [1.54, 1.807) is 0 Å². The largest absolute Gasteiger partial charge is 0.481 e. The van der Waals surface area contributed by atoms with Crippen LogP contribution in [0.15, 0.2) is 30.5 Å². The molecule has 0 unspecified atom stereocenters. The van der Waals surface area contributed by atoms with Gasteiger partial charge in [0.15, 0.2) is 0 Å².